The normalized spacial score (nSPS) is 11.2. The molecular formula is C16H22N2O3. The molecule has 2 aromatic rings. The zero-order chi connectivity index (χ0) is 15.6. The Morgan fingerprint density at radius 1 is 1.33 bits per heavy atom. The largest absolute Gasteiger partial charge is 0.478 e. The molecule has 0 aliphatic heterocycles. The molecule has 1 aromatic carbocycles. The van der Waals surface area contributed by atoms with Crippen LogP contribution in [0.25, 0.3) is 10.9 Å². The van der Waals surface area contributed by atoms with Gasteiger partial charge >= 0.3 is 5.97 Å². The first-order chi connectivity index (χ1) is 10.0. The van der Waals surface area contributed by atoms with Crippen LogP contribution in [0.5, 0.6) is 0 Å². The van der Waals surface area contributed by atoms with Gasteiger partial charge in [0.05, 0.1) is 11.1 Å². The van der Waals surface area contributed by atoms with Crippen molar-refractivity contribution < 1.29 is 15.0 Å². The molecule has 0 unspecified atom stereocenters. The molecule has 0 spiro atoms. The maximum Gasteiger partial charge on any atom is 0.335 e. The van der Waals surface area contributed by atoms with Crippen molar-refractivity contribution in [3.63, 3.8) is 0 Å². The smallest absolute Gasteiger partial charge is 0.335 e. The summed E-state index contributed by atoms with van der Waals surface area (Å²) in [6.45, 7) is 5.34. The molecule has 0 saturated carbocycles. The molecule has 21 heavy (non-hydrogen) atoms. The van der Waals surface area contributed by atoms with Crippen LogP contribution in [0.2, 0.25) is 0 Å². The quantitative estimate of drug-likeness (QED) is 0.757. The van der Waals surface area contributed by atoms with Gasteiger partial charge in [-0.2, -0.15) is 0 Å². The van der Waals surface area contributed by atoms with E-state index < -0.39 is 5.97 Å². The molecule has 0 amide bonds. The second-order valence-electron chi connectivity index (χ2n) is 5.33. The number of carboxylic acids is 1. The van der Waals surface area contributed by atoms with Crippen molar-refractivity contribution in [1.82, 2.24) is 4.57 Å². The third-order valence-corrected chi connectivity index (χ3v) is 3.92. The summed E-state index contributed by atoms with van der Waals surface area (Å²) in [6.07, 6.45) is 1.39. The van der Waals surface area contributed by atoms with Gasteiger partial charge in [-0.25, -0.2) is 4.79 Å². The van der Waals surface area contributed by atoms with E-state index in [1.165, 1.54) is 0 Å². The highest BCUT2D eigenvalue weighted by Crippen LogP contribution is 2.30. The molecule has 0 radical (unpaired) electrons. The number of fused-ring (bicyclic) bond motifs is 1. The summed E-state index contributed by atoms with van der Waals surface area (Å²) in [5.74, 6) is -0.917. The number of aliphatic hydroxyl groups excluding tert-OH is 1. The first-order valence-electron chi connectivity index (χ1n) is 7.17. The topological polar surface area (TPSA) is 88.5 Å². The molecule has 0 aliphatic rings. The summed E-state index contributed by atoms with van der Waals surface area (Å²) in [6, 6.07) is 3.43. The number of aliphatic hydroxyl groups is 1. The molecule has 1 aromatic heterocycles. The zero-order valence-electron chi connectivity index (χ0n) is 12.5. The number of rotatable bonds is 6. The number of carboxylic acid groups (broad SMARTS) is 1. The van der Waals surface area contributed by atoms with Crippen LogP contribution in [0.1, 0.15) is 33.6 Å². The van der Waals surface area contributed by atoms with E-state index >= 15 is 0 Å². The van der Waals surface area contributed by atoms with Crippen molar-refractivity contribution in [3.05, 3.63) is 34.5 Å². The van der Waals surface area contributed by atoms with Crippen molar-refractivity contribution in [1.29, 1.82) is 0 Å². The Morgan fingerprint density at radius 3 is 2.62 bits per heavy atom. The Morgan fingerprint density at radius 2 is 2.05 bits per heavy atom. The van der Waals surface area contributed by atoms with Gasteiger partial charge in [0.15, 0.2) is 0 Å². The SMILES string of the molecule is Cc1cc(C(=O)O)cc2c(CCN)c(C)n(CCCO)c12. The fourth-order valence-corrected chi connectivity index (χ4v) is 2.99. The summed E-state index contributed by atoms with van der Waals surface area (Å²) in [4.78, 5) is 11.3. The number of aromatic carboxylic acids is 1. The van der Waals surface area contributed by atoms with Gasteiger partial charge in [-0.1, -0.05) is 0 Å². The van der Waals surface area contributed by atoms with Gasteiger partial charge < -0.3 is 20.5 Å². The predicted molar refractivity (Wildman–Crippen MR) is 82.8 cm³/mol. The molecule has 0 saturated heterocycles. The number of nitrogens with two attached hydrogens (primary N) is 1. The van der Waals surface area contributed by atoms with Gasteiger partial charge in [0.25, 0.3) is 0 Å². The van der Waals surface area contributed by atoms with Gasteiger partial charge in [0.2, 0.25) is 0 Å². The van der Waals surface area contributed by atoms with E-state index in [0.29, 0.717) is 18.5 Å². The van der Waals surface area contributed by atoms with Crippen molar-refractivity contribution in [3.8, 4) is 0 Å². The van der Waals surface area contributed by atoms with Crippen molar-refractivity contribution in [2.24, 2.45) is 5.73 Å². The average Bonchev–Trinajstić information content (AvgIpc) is 2.70. The highest BCUT2D eigenvalue weighted by molar-refractivity contribution is 5.97. The highest BCUT2D eigenvalue weighted by atomic mass is 16.4. The number of benzene rings is 1. The lowest BCUT2D eigenvalue weighted by molar-refractivity contribution is 0.0697. The first-order valence-corrected chi connectivity index (χ1v) is 7.17. The lowest BCUT2D eigenvalue weighted by Gasteiger charge is -2.09. The van der Waals surface area contributed by atoms with Crippen LogP contribution in [-0.4, -0.2) is 33.9 Å². The number of nitrogens with zero attached hydrogens (tertiary/aromatic N) is 1. The van der Waals surface area contributed by atoms with Crippen LogP contribution in [0, 0.1) is 13.8 Å². The van der Waals surface area contributed by atoms with Crippen LogP contribution in [0.4, 0.5) is 0 Å². The van der Waals surface area contributed by atoms with Crippen molar-refractivity contribution in [2.45, 2.75) is 33.2 Å². The van der Waals surface area contributed by atoms with Crippen LogP contribution in [0.3, 0.4) is 0 Å². The number of hydrogen-bond donors (Lipinski definition) is 3. The lowest BCUT2D eigenvalue weighted by atomic mass is 10.0. The monoisotopic (exact) mass is 290 g/mol. The van der Waals surface area contributed by atoms with E-state index in [9.17, 15) is 9.90 Å². The van der Waals surface area contributed by atoms with Crippen molar-refractivity contribution in [2.75, 3.05) is 13.2 Å². The molecule has 1 heterocycles. The van der Waals surface area contributed by atoms with Gasteiger partial charge in [0, 0.05) is 24.2 Å². The van der Waals surface area contributed by atoms with E-state index in [4.69, 9.17) is 10.8 Å². The molecule has 0 aliphatic carbocycles. The lowest BCUT2D eigenvalue weighted by Crippen LogP contribution is -2.06. The van der Waals surface area contributed by atoms with Gasteiger partial charge in [0.1, 0.15) is 0 Å². The Balaban J connectivity index is 2.73. The molecule has 2 rings (SSSR count). The van der Waals surface area contributed by atoms with E-state index in [-0.39, 0.29) is 6.61 Å². The van der Waals surface area contributed by atoms with Gasteiger partial charge in [-0.05, 0) is 56.5 Å². The van der Waals surface area contributed by atoms with Gasteiger partial charge in [-0.3, -0.25) is 0 Å². The fourth-order valence-electron chi connectivity index (χ4n) is 2.99. The zero-order valence-corrected chi connectivity index (χ0v) is 12.5. The van der Waals surface area contributed by atoms with Crippen LogP contribution < -0.4 is 5.73 Å². The van der Waals surface area contributed by atoms with E-state index in [1.54, 1.807) is 12.1 Å². The van der Waals surface area contributed by atoms with Crippen LogP contribution in [-0.2, 0) is 13.0 Å². The molecule has 0 atom stereocenters. The number of aromatic nitrogens is 1. The van der Waals surface area contributed by atoms with E-state index in [2.05, 4.69) is 4.57 Å². The molecule has 0 fully saturated rings. The maximum atomic E-state index is 11.3. The standard InChI is InChI=1S/C16H22N2O3/c1-10-8-12(16(20)21)9-14-13(4-5-17)11(2)18(15(10)14)6-3-7-19/h8-9,19H,3-7,17H2,1-2H3,(H,20,21). The highest BCUT2D eigenvalue weighted by Gasteiger charge is 2.17. The molecule has 4 N–H and O–H groups in total. The Labute approximate surface area is 124 Å². The minimum absolute atomic E-state index is 0.137. The third kappa shape index (κ3) is 2.80. The second-order valence-corrected chi connectivity index (χ2v) is 5.33. The molecule has 5 nitrogen and oxygen atoms in total. The van der Waals surface area contributed by atoms with E-state index in [1.807, 2.05) is 13.8 Å². The summed E-state index contributed by atoms with van der Waals surface area (Å²) in [5.41, 5.74) is 10.2. The van der Waals surface area contributed by atoms with Crippen molar-refractivity contribution >= 4 is 16.9 Å². The molecule has 5 heteroatoms. The number of aryl methyl sites for hydroxylation is 2. The number of carbonyl (C=O) groups is 1. The minimum Gasteiger partial charge on any atom is -0.478 e. The summed E-state index contributed by atoms with van der Waals surface area (Å²) in [7, 11) is 0. The Hall–Kier alpha value is -1.85. The molecule has 114 valence electrons. The van der Waals surface area contributed by atoms with Crippen LogP contribution >= 0.6 is 0 Å². The third-order valence-electron chi connectivity index (χ3n) is 3.92. The second kappa shape index (κ2) is 6.28. The predicted octanol–water partition coefficient (Wildman–Crippen LogP) is 1.84. The molecule has 0 bridgehead atoms. The van der Waals surface area contributed by atoms with Crippen LogP contribution in [0.15, 0.2) is 12.1 Å². The van der Waals surface area contributed by atoms with Gasteiger partial charge in [-0.15, -0.1) is 0 Å². The van der Waals surface area contributed by atoms with E-state index in [0.717, 1.165) is 40.7 Å². The summed E-state index contributed by atoms with van der Waals surface area (Å²) < 4.78 is 2.16. The fraction of sp³-hybridized carbons (Fsp3) is 0.438. The number of hydrogen-bond acceptors (Lipinski definition) is 3. The maximum absolute atomic E-state index is 11.3. The summed E-state index contributed by atoms with van der Waals surface area (Å²) >= 11 is 0. The molecular weight excluding hydrogens is 268 g/mol. The Kier molecular flexibility index (Phi) is 4.65. The average molecular weight is 290 g/mol. The Bertz CT molecular complexity index is 674. The first kappa shape index (κ1) is 15.5. The summed E-state index contributed by atoms with van der Waals surface area (Å²) in [5, 5.41) is 19.3. The minimum atomic E-state index is -0.917.